The molecule has 0 aromatic carbocycles. The van der Waals surface area contributed by atoms with Crippen molar-refractivity contribution in [3.63, 3.8) is 0 Å². The molecule has 834 valence electrons. The summed E-state index contributed by atoms with van der Waals surface area (Å²) in [4.78, 5) is 199. The number of carboxylic acids is 1. The molecule has 61 nitrogen and oxygen atoms in total. The highest BCUT2D eigenvalue weighted by Crippen LogP contribution is 2.37. The SMILES string of the molecule is CC(=O)N[C@H]1[C@H](OC[C@H]2O[C@H](O[C@H](C)[C@H](NC(=O)[C@@H](NC(=O)[C@@H](N)[C@@H](C)O)[C@@H](C)O)C(=O)N[C@H](C(=O)N[C@@H](C(=O)N3CCC[C@H]3C(=O)N[C@H](C(=O)N3CCC[C@H]3C(=O)N[C@H](C(=O)NCC(=O)O)[C@@H](C)O)[C@@H](C)O[C@H]3O[C@H](CO[C@@H]4O[C@H](CO)[C@@H](O)[C@H](O)[C@H]4NC(C)=O)[C@H](O)[C@H](O[C@@H]4O[C@H](CO)[C@H](O)[C@H](O)[C@H]4O)[C@H]3NC(C)=O)[C@@H](C)O)C(C)C)[C@H](NC(C)=O)[C@@H](O[C@@H]3O[C@H](CO)[C@H](O)[C@H](O)[C@H]3O)[C@H]2O)O[C@H](CO)[C@@H](O)[C@@H]1O. The number of nitrogens with zero attached hydrogens (tertiary/aromatic N) is 2. The molecular formula is C85H142N14O47. The van der Waals surface area contributed by atoms with Gasteiger partial charge in [0.25, 0.3) is 0 Å². The van der Waals surface area contributed by atoms with Crippen molar-refractivity contribution in [2.45, 2.75) is 384 Å². The van der Waals surface area contributed by atoms with Gasteiger partial charge in [0, 0.05) is 40.8 Å². The van der Waals surface area contributed by atoms with Gasteiger partial charge in [-0.25, -0.2) is 0 Å². The molecule has 0 unspecified atom stereocenters. The van der Waals surface area contributed by atoms with Gasteiger partial charge >= 0.3 is 5.97 Å². The van der Waals surface area contributed by atoms with Crippen LogP contribution in [0, 0.1) is 5.92 Å². The van der Waals surface area contributed by atoms with Crippen LogP contribution in [-0.4, -0.2) is 534 Å². The Kier molecular flexibility index (Phi) is 46.0. The summed E-state index contributed by atoms with van der Waals surface area (Å²) in [5.74, 6) is -18.0. The normalized spacial score (nSPS) is 35.4. The van der Waals surface area contributed by atoms with Gasteiger partial charge in [0.1, 0.15) is 207 Å². The third-order valence-electron chi connectivity index (χ3n) is 25.8. The standard InChI is InChI=1S/C85H142N14O47/c1-26(2)47(92-77(132)51(96-76(131)49(29(5)106)94-73(128)46(86)27(3)104)31(7)137-82-55(90-35(11)110)69(145-84-67(124)65(122)59(116)41(22-102)141-84)61(118)43(143-82)24-135-80-53(88-33(9)108)63(120)57(114)39(20-100)139-80)75(130)95-50(30(6)107)78(133)98-17-13-16-38(98)72(127)97-52(79(134)99-18-14-15-37(99)71(126)93-48(28(4)105)74(129)87-19-45(112)113)32(8)138-83-56(91-36(12)111)70(146-85-68(125)66(123)60(117)42(23-103)142-85)62(119)44(144-83)25-136-81-54(89-34(10)109)64(121)58(115)40(21-101)140-81/h26-32,37-44,46-70,80-85,100-107,114-125H,13-25,86H2,1-12H3,(H,87,129)(H,88,108)(H,89,109)(H,90,110)(H,91,111)(H,92,132)(H,93,126)(H,94,128)(H,95,130)(H,96,131)(H,97,127)(H,112,113)/t27-,28-,29-,30-,31-,32-,37+,38+,39-,40-,41-,42-,43-,44-,46+,47+,48+,49+,50-,51+,52+,53-,54-,55-,56-,57-,58-,59+,60+,61+,62+,63-,64-,65+,66+,67-,68-,69-,70-,80-,81-,82+,83+,84+,85+/m1/s1. The lowest BCUT2D eigenvalue weighted by molar-refractivity contribution is -0.352. The Bertz CT molecular complexity index is 4370. The highest BCUT2D eigenvalue weighted by Gasteiger charge is 2.59. The van der Waals surface area contributed by atoms with Gasteiger partial charge in [0.05, 0.1) is 76.3 Å². The number of ether oxygens (including phenoxy) is 12. The average molecular weight is 2110 g/mol. The molecule has 34 N–H and O–H groups in total. The number of carbonyl (C=O) groups excluding carboxylic acids is 13. The van der Waals surface area contributed by atoms with Crippen LogP contribution < -0.4 is 64.2 Å². The van der Waals surface area contributed by atoms with Crippen molar-refractivity contribution in [3.8, 4) is 0 Å². The van der Waals surface area contributed by atoms with Crippen molar-refractivity contribution in [3.05, 3.63) is 0 Å². The Morgan fingerprint density at radius 2 is 0.664 bits per heavy atom. The Morgan fingerprint density at radius 1 is 0.349 bits per heavy atom. The van der Waals surface area contributed by atoms with Crippen molar-refractivity contribution in [1.29, 1.82) is 0 Å². The summed E-state index contributed by atoms with van der Waals surface area (Å²) < 4.78 is 72.5. The monoisotopic (exact) mass is 2110 g/mol. The fourth-order valence-corrected chi connectivity index (χ4v) is 17.7. The number of carboxylic acid groups (broad SMARTS) is 1. The summed E-state index contributed by atoms with van der Waals surface area (Å²) in [6.07, 6.45) is -64.1. The van der Waals surface area contributed by atoms with E-state index in [1.165, 1.54) is 13.8 Å². The Morgan fingerprint density at radius 3 is 1.03 bits per heavy atom. The van der Waals surface area contributed by atoms with E-state index in [1.54, 1.807) is 0 Å². The third-order valence-corrected chi connectivity index (χ3v) is 25.8. The average Bonchev–Trinajstić information content (AvgIpc) is 0.902. The number of carbonyl (C=O) groups is 14. The molecule has 61 heteroatoms. The van der Waals surface area contributed by atoms with E-state index in [2.05, 4.69) is 53.2 Å². The smallest absolute Gasteiger partial charge is 0.322 e. The van der Waals surface area contributed by atoms with Gasteiger partial charge in [-0.1, -0.05) is 13.8 Å². The third kappa shape index (κ3) is 30.6. The first-order valence-electron chi connectivity index (χ1n) is 47.3. The highest BCUT2D eigenvalue weighted by atomic mass is 16.8. The van der Waals surface area contributed by atoms with Gasteiger partial charge < -0.3 is 238 Å². The van der Waals surface area contributed by atoms with E-state index in [4.69, 9.17) is 62.6 Å². The maximum absolute atomic E-state index is 15.9. The maximum atomic E-state index is 15.9. The molecule has 0 bridgehead atoms. The molecule has 13 amide bonds. The highest BCUT2D eigenvalue weighted by molar-refractivity contribution is 5.99. The number of aliphatic carboxylic acids is 1. The molecule has 0 aromatic rings. The van der Waals surface area contributed by atoms with E-state index in [-0.39, 0.29) is 32.2 Å². The largest absolute Gasteiger partial charge is 0.480 e. The van der Waals surface area contributed by atoms with E-state index in [9.17, 15) is 150 Å². The summed E-state index contributed by atoms with van der Waals surface area (Å²) in [6, 6.07) is -25.2. The molecule has 0 aromatic heterocycles. The molecule has 8 fully saturated rings. The minimum absolute atomic E-state index is 0.0316. The molecule has 45 atom stereocenters. The fraction of sp³-hybridized carbons (Fsp3) is 0.835. The number of aliphatic hydroxyl groups is 20. The van der Waals surface area contributed by atoms with Crippen LogP contribution in [0.3, 0.4) is 0 Å². The Labute approximate surface area is 834 Å². The molecule has 0 saturated carbocycles. The van der Waals surface area contributed by atoms with Crippen molar-refractivity contribution < 1.29 is 231 Å². The van der Waals surface area contributed by atoms with E-state index in [0.29, 0.717) is 0 Å². The minimum Gasteiger partial charge on any atom is -0.480 e. The van der Waals surface area contributed by atoms with E-state index in [0.717, 1.165) is 79.0 Å². The van der Waals surface area contributed by atoms with Crippen molar-refractivity contribution >= 4 is 82.8 Å². The van der Waals surface area contributed by atoms with Crippen LogP contribution in [0.1, 0.15) is 109 Å². The molecule has 0 spiro atoms. The first-order valence-corrected chi connectivity index (χ1v) is 47.3. The molecule has 8 heterocycles. The van der Waals surface area contributed by atoms with E-state index < -0.39 is 416 Å². The van der Waals surface area contributed by atoms with Gasteiger partial charge in [0.15, 0.2) is 37.7 Å². The number of nitrogens with one attached hydrogen (secondary N) is 11. The zero-order valence-corrected chi connectivity index (χ0v) is 81.7. The van der Waals surface area contributed by atoms with Crippen molar-refractivity contribution in [2.24, 2.45) is 11.7 Å². The number of hydrogen-bond donors (Lipinski definition) is 33. The lowest BCUT2D eigenvalue weighted by Crippen LogP contribution is -2.69. The fourth-order valence-electron chi connectivity index (χ4n) is 17.7. The van der Waals surface area contributed by atoms with Crippen molar-refractivity contribution in [2.75, 3.05) is 59.3 Å². The van der Waals surface area contributed by atoms with Crippen LogP contribution in [0.5, 0.6) is 0 Å². The molecule has 8 rings (SSSR count). The number of hydrogen-bond acceptors (Lipinski definition) is 47. The first-order chi connectivity index (χ1) is 68.4. The molecule has 8 aliphatic heterocycles. The topological polar surface area (TPSA) is 939 Å². The second-order valence-electron chi connectivity index (χ2n) is 37.5. The van der Waals surface area contributed by atoms with Crippen LogP contribution in [0.15, 0.2) is 0 Å². The predicted molar refractivity (Wildman–Crippen MR) is 477 cm³/mol. The molecule has 8 aliphatic rings. The zero-order valence-electron chi connectivity index (χ0n) is 81.7. The number of aliphatic hydroxyl groups excluding tert-OH is 20. The molecule has 0 aliphatic carbocycles. The number of rotatable bonds is 46. The number of amides is 13. The Hall–Kier alpha value is -8.74. The van der Waals surface area contributed by atoms with Crippen LogP contribution >= 0.6 is 0 Å². The zero-order chi connectivity index (χ0) is 109. The molecule has 146 heavy (non-hydrogen) atoms. The summed E-state index contributed by atoms with van der Waals surface area (Å²) in [5, 5.41) is 254. The molecular weight excluding hydrogens is 1970 g/mol. The summed E-state index contributed by atoms with van der Waals surface area (Å²) in [7, 11) is 0. The summed E-state index contributed by atoms with van der Waals surface area (Å²) in [6.45, 7) is 5.04. The summed E-state index contributed by atoms with van der Waals surface area (Å²) >= 11 is 0. The lowest BCUT2D eigenvalue weighted by Gasteiger charge is -2.48. The van der Waals surface area contributed by atoms with Gasteiger partial charge in [-0.15, -0.1) is 0 Å². The Balaban J connectivity index is 1.16. The van der Waals surface area contributed by atoms with Crippen LogP contribution in [0.4, 0.5) is 0 Å². The minimum atomic E-state index is -2.34. The van der Waals surface area contributed by atoms with Crippen LogP contribution in [-0.2, 0) is 124 Å². The van der Waals surface area contributed by atoms with Gasteiger partial charge in [-0.05, 0) is 73.1 Å². The molecule has 8 saturated heterocycles. The second-order valence-corrected chi connectivity index (χ2v) is 37.5. The lowest BCUT2D eigenvalue weighted by atomic mass is 9.94. The molecule has 0 radical (unpaired) electrons. The van der Waals surface area contributed by atoms with Crippen molar-refractivity contribution in [1.82, 2.24) is 68.3 Å². The second kappa shape index (κ2) is 54.8. The maximum Gasteiger partial charge on any atom is 0.322 e. The van der Waals surface area contributed by atoms with Crippen LogP contribution in [0.2, 0.25) is 0 Å². The van der Waals surface area contributed by atoms with Crippen LogP contribution in [0.25, 0.3) is 0 Å². The predicted octanol–water partition coefficient (Wildman–Crippen LogP) is -20.1. The quantitative estimate of drug-likeness (QED) is 0.0269. The number of nitrogens with two attached hydrogens (primary N) is 1. The van der Waals surface area contributed by atoms with Gasteiger partial charge in [0.2, 0.25) is 76.8 Å². The van der Waals surface area contributed by atoms with E-state index >= 15 is 24.0 Å². The van der Waals surface area contributed by atoms with E-state index in [1.807, 2.05) is 5.32 Å². The van der Waals surface area contributed by atoms with Gasteiger partial charge in [-0.3, -0.25) is 67.1 Å². The first kappa shape index (κ1) is 122. The van der Waals surface area contributed by atoms with Gasteiger partial charge in [-0.2, -0.15) is 0 Å². The summed E-state index contributed by atoms with van der Waals surface area (Å²) in [5.41, 5.74) is 5.90. The number of likely N-dealkylation sites (tertiary alicyclic amines) is 2.